The van der Waals surface area contributed by atoms with Crippen LogP contribution in [0.1, 0.15) is 25.4 Å². The molecule has 3 rings (SSSR count). The van der Waals surface area contributed by atoms with Crippen molar-refractivity contribution in [3.05, 3.63) is 23.7 Å². The van der Waals surface area contributed by atoms with Gasteiger partial charge in [0.05, 0.1) is 12.8 Å². The Morgan fingerprint density at radius 3 is 2.65 bits per heavy atom. The Kier molecular flexibility index (Phi) is 3.00. The van der Waals surface area contributed by atoms with Gasteiger partial charge in [0.1, 0.15) is 11.3 Å². The predicted octanol–water partition coefficient (Wildman–Crippen LogP) is 2.19. The van der Waals surface area contributed by atoms with Crippen molar-refractivity contribution < 1.29 is 4.74 Å². The van der Waals surface area contributed by atoms with E-state index in [2.05, 4.69) is 34.0 Å². The van der Waals surface area contributed by atoms with Crippen LogP contribution < -0.4 is 4.74 Å². The van der Waals surface area contributed by atoms with Crippen molar-refractivity contribution in [1.82, 2.24) is 24.6 Å². The summed E-state index contributed by atoms with van der Waals surface area (Å²) in [5, 5.41) is 8.47. The summed E-state index contributed by atoms with van der Waals surface area (Å²) in [6.45, 7) is 6.28. The van der Waals surface area contributed by atoms with E-state index in [1.807, 2.05) is 17.4 Å². The first kappa shape index (κ1) is 12.8. The Bertz CT molecular complexity index is 778. The molecular formula is C14H17N5O. The lowest BCUT2D eigenvalue weighted by atomic mass is 10.1. The number of aromatic nitrogens is 5. The summed E-state index contributed by atoms with van der Waals surface area (Å²) in [6, 6.07) is 3.65. The molecule has 0 aliphatic rings. The molecule has 0 saturated carbocycles. The average Bonchev–Trinajstić information content (AvgIpc) is 2.74. The topological polar surface area (TPSA) is 65.2 Å². The van der Waals surface area contributed by atoms with Crippen LogP contribution in [0.15, 0.2) is 12.1 Å². The second kappa shape index (κ2) is 4.70. The zero-order chi connectivity index (χ0) is 14.3. The normalized spacial score (nSPS) is 11.7. The summed E-state index contributed by atoms with van der Waals surface area (Å²) in [7, 11) is 1.61. The Morgan fingerprint density at radius 1 is 1.15 bits per heavy atom. The molecule has 20 heavy (non-hydrogen) atoms. The first-order valence-corrected chi connectivity index (χ1v) is 6.65. The fourth-order valence-electron chi connectivity index (χ4n) is 2.30. The molecule has 0 aromatic carbocycles. The molecule has 3 aromatic rings. The molecule has 3 heterocycles. The van der Waals surface area contributed by atoms with Crippen LogP contribution in [0.2, 0.25) is 0 Å². The first-order chi connectivity index (χ1) is 9.60. The van der Waals surface area contributed by atoms with Gasteiger partial charge in [0.15, 0.2) is 11.3 Å². The van der Waals surface area contributed by atoms with Crippen LogP contribution in [0.4, 0.5) is 0 Å². The molecule has 0 aliphatic heterocycles. The van der Waals surface area contributed by atoms with Crippen LogP contribution in [0.3, 0.4) is 0 Å². The smallest absolute Gasteiger partial charge is 0.215 e. The molecule has 6 nitrogen and oxygen atoms in total. The van der Waals surface area contributed by atoms with Gasteiger partial charge in [-0.1, -0.05) is 13.8 Å². The van der Waals surface area contributed by atoms with E-state index < -0.39 is 0 Å². The molecule has 0 unspecified atom stereocenters. The van der Waals surface area contributed by atoms with Gasteiger partial charge < -0.3 is 4.74 Å². The molecule has 0 N–H and O–H groups in total. The molecule has 0 radical (unpaired) electrons. The van der Waals surface area contributed by atoms with Crippen LogP contribution in [0, 0.1) is 12.8 Å². The van der Waals surface area contributed by atoms with Gasteiger partial charge in [-0.3, -0.25) is 4.40 Å². The number of rotatable bonds is 3. The number of methoxy groups -OCH3 is 1. The summed E-state index contributed by atoms with van der Waals surface area (Å²) < 4.78 is 7.19. The van der Waals surface area contributed by atoms with E-state index >= 15 is 0 Å². The number of aryl methyl sites for hydroxylation is 1. The van der Waals surface area contributed by atoms with Crippen molar-refractivity contribution in [2.24, 2.45) is 5.92 Å². The lowest BCUT2D eigenvalue weighted by molar-refractivity contribution is 0.399. The summed E-state index contributed by atoms with van der Waals surface area (Å²) in [5.41, 5.74) is 3.11. The number of pyridine rings is 1. The van der Waals surface area contributed by atoms with Gasteiger partial charge in [-0.25, -0.2) is 4.98 Å². The van der Waals surface area contributed by atoms with Crippen molar-refractivity contribution in [1.29, 1.82) is 0 Å². The third kappa shape index (κ3) is 1.97. The van der Waals surface area contributed by atoms with Gasteiger partial charge in [0.2, 0.25) is 5.88 Å². The second-order valence-electron chi connectivity index (χ2n) is 5.27. The third-order valence-corrected chi connectivity index (χ3v) is 3.18. The van der Waals surface area contributed by atoms with Crippen LogP contribution in [0.25, 0.3) is 16.8 Å². The van der Waals surface area contributed by atoms with E-state index in [1.54, 1.807) is 13.2 Å². The van der Waals surface area contributed by atoms with Crippen molar-refractivity contribution in [3.63, 3.8) is 0 Å². The molecule has 0 aliphatic carbocycles. The maximum Gasteiger partial charge on any atom is 0.215 e. The number of imidazole rings is 1. The van der Waals surface area contributed by atoms with Crippen LogP contribution in [0.5, 0.6) is 5.88 Å². The molecule has 0 saturated heterocycles. The third-order valence-electron chi connectivity index (χ3n) is 3.18. The zero-order valence-corrected chi connectivity index (χ0v) is 12.1. The minimum atomic E-state index is 0.508. The van der Waals surface area contributed by atoms with Crippen molar-refractivity contribution >= 4 is 16.8 Å². The highest BCUT2D eigenvalue weighted by Crippen LogP contribution is 2.20. The fraction of sp³-hybridized carbons (Fsp3) is 0.429. The van der Waals surface area contributed by atoms with Crippen LogP contribution >= 0.6 is 0 Å². The quantitative estimate of drug-likeness (QED) is 0.730. The Labute approximate surface area is 116 Å². The minimum Gasteiger partial charge on any atom is -0.481 e. The highest BCUT2D eigenvalue weighted by molar-refractivity contribution is 5.73. The van der Waals surface area contributed by atoms with E-state index in [9.17, 15) is 0 Å². The number of fused-ring (bicyclic) bond motifs is 3. The molecule has 0 atom stereocenters. The monoisotopic (exact) mass is 271 g/mol. The highest BCUT2D eigenvalue weighted by atomic mass is 16.5. The summed E-state index contributed by atoms with van der Waals surface area (Å²) in [5.74, 6) is 2.04. The lowest BCUT2D eigenvalue weighted by Gasteiger charge is -2.07. The SMILES string of the molecule is COc1ccc2nnc3c(C)nc(CC(C)C)n3c2n1. The molecule has 0 amide bonds. The molecule has 104 valence electrons. The molecule has 0 spiro atoms. The number of hydrogen-bond donors (Lipinski definition) is 0. The summed E-state index contributed by atoms with van der Waals surface area (Å²) in [4.78, 5) is 9.12. The van der Waals surface area contributed by atoms with Crippen molar-refractivity contribution in [2.45, 2.75) is 27.2 Å². The molecule has 3 aromatic heterocycles. The van der Waals surface area contributed by atoms with Crippen LogP contribution in [-0.4, -0.2) is 31.7 Å². The van der Waals surface area contributed by atoms with Gasteiger partial charge in [-0.15, -0.1) is 10.2 Å². The first-order valence-electron chi connectivity index (χ1n) is 6.65. The lowest BCUT2D eigenvalue weighted by Crippen LogP contribution is -2.05. The van der Waals surface area contributed by atoms with E-state index in [4.69, 9.17) is 4.74 Å². The van der Waals surface area contributed by atoms with E-state index in [1.165, 1.54) is 0 Å². The van der Waals surface area contributed by atoms with Gasteiger partial charge in [0, 0.05) is 12.5 Å². The van der Waals surface area contributed by atoms with Crippen molar-refractivity contribution in [3.8, 4) is 5.88 Å². The van der Waals surface area contributed by atoms with Gasteiger partial charge >= 0.3 is 0 Å². The van der Waals surface area contributed by atoms with E-state index in [-0.39, 0.29) is 0 Å². The molecule has 0 bridgehead atoms. The van der Waals surface area contributed by atoms with E-state index in [0.29, 0.717) is 11.8 Å². The van der Waals surface area contributed by atoms with Crippen molar-refractivity contribution in [2.75, 3.05) is 7.11 Å². The number of ether oxygens (including phenoxy) is 1. The molecule has 6 heteroatoms. The maximum absolute atomic E-state index is 5.21. The van der Waals surface area contributed by atoms with E-state index in [0.717, 1.165) is 34.8 Å². The van der Waals surface area contributed by atoms with Crippen LogP contribution in [-0.2, 0) is 6.42 Å². The number of nitrogens with zero attached hydrogens (tertiary/aromatic N) is 5. The maximum atomic E-state index is 5.21. The minimum absolute atomic E-state index is 0.508. The Morgan fingerprint density at radius 2 is 1.95 bits per heavy atom. The Hall–Kier alpha value is -2.24. The zero-order valence-electron chi connectivity index (χ0n) is 12.1. The average molecular weight is 271 g/mol. The van der Waals surface area contributed by atoms with Gasteiger partial charge in [-0.2, -0.15) is 4.98 Å². The summed E-state index contributed by atoms with van der Waals surface area (Å²) in [6.07, 6.45) is 0.870. The largest absolute Gasteiger partial charge is 0.481 e. The predicted molar refractivity (Wildman–Crippen MR) is 75.9 cm³/mol. The Balaban J connectivity index is 2.37. The van der Waals surface area contributed by atoms with Gasteiger partial charge in [0.25, 0.3) is 0 Å². The highest BCUT2D eigenvalue weighted by Gasteiger charge is 2.15. The summed E-state index contributed by atoms with van der Waals surface area (Å²) >= 11 is 0. The number of hydrogen-bond acceptors (Lipinski definition) is 5. The molecule has 0 fully saturated rings. The fourth-order valence-corrected chi connectivity index (χ4v) is 2.30. The standard InChI is InChI=1S/C14H17N5O/c1-8(2)7-11-15-9(3)13-18-17-10-5-6-12(20-4)16-14(10)19(11)13/h5-6,8H,7H2,1-4H3. The second-order valence-corrected chi connectivity index (χ2v) is 5.27. The van der Waals surface area contributed by atoms with Gasteiger partial charge in [-0.05, 0) is 18.9 Å². The molecular weight excluding hydrogens is 254 g/mol.